The number of nitrogens with two attached hydrogens (primary N) is 1. The van der Waals surface area contributed by atoms with Gasteiger partial charge in [0.1, 0.15) is 11.4 Å². The largest absolute Gasteiger partial charge is 0.496 e. The van der Waals surface area contributed by atoms with Crippen LogP contribution in [0.2, 0.25) is 0 Å². The zero-order chi connectivity index (χ0) is 17.9. The summed E-state index contributed by atoms with van der Waals surface area (Å²) >= 11 is 0. The third kappa shape index (κ3) is 3.29. The molecule has 0 aliphatic heterocycles. The quantitative estimate of drug-likeness (QED) is 0.516. The van der Waals surface area contributed by atoms with Crippen LogP contribution in [0.4, 0.5) is 11.4 Å². The van der Waals surface area contributed by atoms with E-state index in [2.05, 4.69) is 0 Å². The molecule has 0 spiro atoms. The molecule has 2 N–H and O–H groups in total. The molecule has 0 fully saturated rings. The molecule has 0 saturated heterocycles. The van der Waals surface area contributed by atoms with E-state index in [1.165, 1.54) is 23.1 Å². The van der Waals surface area contributed by atoms with Gasteiger partial charge in [0.2, 0.25) is 0 Å². The van der Waals surface area contributed by atoms with Crippen LogP contribution in [0.25, 0.3) is 0 Å². The first-order valence-electron chi connectivity index (χ1n) is 7.30. The van der Waals surface area contributed by atoms with Crippen LogP contribution in [-0.4, -0.2) is 29.9 Å². The number of anilines is 1. The van der Waals surface area contributed by atoms with Crippen LogP contribution in [-0.2, 0) is 0 Å². The minimum atomic E-state index is -0.601. The van der Waals surface area contributed by atoms with Crippen LogP contribution in [0.5, 0.6) is 5.75 Å². The van der Waals surface area contributed by atoms with Gasteiger partial charge in [-0.1, -0.05) is 18.2 Å². The first kappa shape index (κ1) is 17.3. The van der Waals surface area contributed by atoms with E-state index in [-0.39, 0.29) is 28.9 Å². The molecule has 2 aromatic rings. The van der Waals surface area contributed by atoms with E-state index in [0.29, 0.717) is 5.75 Å². The molecule has 1 amide bonds. The number of ether oxygens (including phenoxy) is 1. The number of carbonyl (C=O) groups is 1. The minimum absolute atomic E-state index is 0.0250. The molecule has 1 unspecified atom stereocenters. The molecule has 2 rings (SSSR count). The number of hydrogen-bond acceptors (Lipinski definition) is 5. The maximum Gasteiger partial charge on any atom is 0.292 e. The average molecular weight is 329 g/mol. The summed E-state index contributed by atoms with van der Waals surface area (Å²) in [6.45, 7) is 1.86. The Morgan fingerprint density at radius 2 is 1.96 bits per heavy atom. The maximum atomic E-state index is 12.7. The van der Waals surface area contributed by atoms with E-state index >= 15 is 0 Å². The predicted octanol–water partition coefficient (Wildman–Crippen LogP) is 3.02. The topological polar surface area (TPSA) is 98.7 Å². The van der Waals surface area contributed by atoms with Crippen LogP contribution in [0.15, 0.2) is 42.5 Å². The number of nitro groups is 1. The molecule has 0 radical (unpaired) electrons. The summed E-state index contributed by atoms with van der Waals surface area (Å²) in [5.41, 5.74) is 6.38. The smallest absolute Gasteiger partial charge is 0.292 e. The fourth-order valence-electron chi connectivity index (χ4n) is 2.43. The van der Waals surface area contributed by atoms with E-state index in [9.17, 15) is 14.9 Å². The molecular formula is C17H19N3O4. The molecule has 0 aromatic heterocycles. The Morgan fingerprint density at radius 1 is 1.29 bits per heavy atom. The summed E-state index contributed by atoms with van der Waals surface area (Å²) < 4.78 is 5.32. The van der Waals surface area contributed by atoms with E-state index in [4.69, 9.17) is 10.5 Å². The average Bonchev–Trinajstić information content (AvgIpc) is 2.59. The molecule has 7 nitrogen and oxygen atoms in total. The monoisotopic (exact) mass is 329 g/mol. The lowest BCUT2D eigenvalue weighted by Gasteiger charge is -2.26. The Bertz CT molecular complexity index is 776. The van der Waals surface area contributed by atoms with Crippen LogP contribution >= 0.6 is 0 Å². The van der Waals surface area contributed by atoms with E-state index in [0.717, 1.165) is 5.56 Å². The van der Waals surface area contributed by atoms with Crippen LogP contribution < -0.4 is 10.5 Å². The second kappa shape index (κ2) is 6.99. The number of methoxy groups -OCH3 is 1. The summed E-state index contributed by atoms with van der Waals surface area (Å²) in [6.07, 6.45) is 0. The Hall–Kier alpha value is -3.09. The van der Waals surface area contributed by atoms with E-state index < -0.39 is 4.92 Å². The predicted molar refractivity (Wildman–Crippen MR) is 91.0 cm³/mol. The number of benzene rings is 2. The molecule has 0 heterocycles. The molecule has 7 heteroatoms. The third-order valence-electron chi connectivity index (χ3n) is 3.96. The van der Waals surface area contributed by atoms with Gasteiger partial charge in [-0.2, -0.15) is 0 Å². The van der Waals surface area contributed by atoms with Gasteiger partial charge in [-0.15, -0.1) is 0 Å². The molecule has 0 bridgehead atoms. The van der Waals surface area contributed by atoms with Gasteiger partial charge in [0.25, 0.3) is 11.6 Å². The normalized spacial score (nSPS) is 11.6. The highest BCUT2D eigenvalue weighted by Gasteiger charge is 2.23. The van der Waals surface area contributed by atoms with Crippen molar-refractivity contribution in [2.24, 2.45) is 0 Å². The van der Waals surface area contributed by atoms with Crippen molar-refractivity contribution in [3.05, 3.63) is 63.7 Å². The van der Waals surface area contributed by atoms with Gasteiger partial charge in [0.05, 0.1) is 18.1 Å². The second-order valence-electron chi connectivity index (χ2n) is 5.36. The summed E-state index contributed by atoms with van der Waals surface area (Å²) in [6, 6.07) is 11.2. The summed E-state index contributed by atoms with van der Waals surface area (Å²) in [5, 5.41) is 11.0. The SMILES string of the molecule is COc1ccccc1C(C)N(C)C(=O)c1ccc(N)c([N+](=O)[O-])c1. The van der Waals surface area contributed by atoms with Crippen molar-refractivity contribution in [2.75, 3.05) is 19.9 Å². The van der Waals surface area contributed by atoms with E-state index in [1.54, 1.807) is 14.2 Å². The van der Waals surface area contributed by atoms with Gasteiger partial charge >= 0.3 is 0 Å². The second-order valence-corrected chi connectivity index (χ2v) is 5.36. The van der Waals surface area contributed by atoms with Crippen molar-refractivity contribution in [3.63, 3.8) is 0 Å². The number of para-hydroxylation sites is 1. The van der Waals surface area contributed by atoms with Crippen molar-refractivity contribution in [3.8, 4) is 5.75 Å². The first-order chi connectivity index (χ1) is 11.4. The van der Waals surface area contributed by atoms with Crippen LogP contribution in [0.3, 0.4) is 0 Å². The lowest BCUT2D eigenvalue weighted by Crippen LogP contribution is -2.30. The molecule has 126 valence electrons. The summed E-state index contributed by atoms with van der Waals surface area (Å²) in [5.74, 6) is 0.337. The minimum Gasteiger partial charge on any atom is -0.496 e. The van der Waals surface area contributed by atoms with Gasteiger partial charge in [-0.25, -0.2) is 0 Å². The van der Waals surface area contributed by atoms with E-state index in [1.807, 2.05) is 31.2 Å². The van der Waals surface area contributed by atoms with Gasteiger partial charge in [0.15, 0.2) is 0 Å². The fraction of sp³-hybridized carbons (Fsp3) is 0.235. The van der Waals surface area contributed by atoms with Crippen molar-refractivity contribution in [1.29, 1.82) is 0 Å². The van der Waals surface area contributed by atoms with Crippen LogP contribution in [0, 0.1) is 10.1 Å². The van der Waals surface area contributed by atoms with Crippen LogP contribution in [0.1, 0.15) is 28.9 Å². The van der Waals surface area contributed by atoms with Gasteiger partial charge in [-0.3, -0.25) is 14.9 Å². The zero-order valence-corrected chi connectivity index (χ0v) is 13.7. The molecule has 0 aliphatic rings. The maximum absolute atomic E-state index is 12.7. The number of nitrogen functional groups attached to an aromatic ring is 1. The number of hydrogen-bond donors (Lipinski definition) is 1. The number of rotatable bonds is 5. The first-order valence-corrected chi connectivity index (χ1v) is 7.30. The molecule has 0 saturated carbocycles. The third-order valence-corrected chi connectivity index (χ3v) is 3.96. The fourth-order valence-corrected chi connectivity index (χ4v) is 2.43. The summed E-state index contributed by atoms with van der Waals surface area (Å²) in [4.78, 5) is 24.6. The Morgan fingerprint density at radius 3 is 2.58 bits per heavy atom. The van der Waals surface area contributed by atoms with Gasteiger partial charge < -0.3 is 15.4 Å². The molecular weight excluding hydrogens is 310 g/mol. The molecule has 24 heavy (non-hydrogen) atoms. The lowest BCUT2D eigenvalue weighted by molar-refractivity contribution is -0.383. The van der Waals surface area contributed by atoms with Crippen molar-refractivity contribution >= 4 is 17.3 Å². The number of nitro benzene ring substituents is 1. The number of carbonyl (C=O) groups excluding carboxylic acids is 1. The Kier molecular flexibility index (Phi) is 5.03. The van der Waals surface area contributed by atoms with Gasteiger partial charge in [-0.05, 0) is 25.1 Å². The Labute approximate surface area is 139 Å². The van der Waals surface area contributed by atoms with Crippen molar-refractivity contribution in [2.45, 2.75) is 13.0 Å². The highest BCUT2D eigenvalue weighted by molar-refractivity contribution is 5.95. The van der Waals surface area contributed by atoms with Gasteiger partial charge in [0, 0.05) is 24.2 Å². The molecule has 1 atom stereocenters. The van der Waals surface area contributed by atoms with Crippen molar-refractivity contribution < 1.29 is 14.5 Å². The standard InChI is InChI=1S/C17H19N3O4/c1-11(13-6-4-5-7-16(13)24-3)19(2)17(21)12-8-9-14(18)15(10-12)20(22)23/h4-11H,18H2,1-3H3. The number of amides is 1. The van der Waals surface area contributed by atoms with Crippen molar-refractivity contribution in [1.82, 2.24) is 4.90 Å². The molecule has 0 aliphatic carbocycles. The molecule has 2 aromatic carbocycles. The lowest BCUT2D eigenvalue weighted by atomic mass is 10.0. The highest BCUT2D eigenvalue weighted by Crippen LogP contribution is 2.30. The Balaban J connectivity index is 2.32. The summed E-state index contributed by atoms with van der Waals surface area (Å²) in [7, 11) is 3.21. The zero-order valence-electron chi connectivity index (χ0n) is 13.7. The highest BCUT2D eigenvalue weighted by atomic mass is 16.6. The number of nitrogens with zero attached hydrogens (tertiary/aromatic N) is 2.